The van der Waals surface area contributed by atoms with E-state index in [9.17, 15) is 18.3 Å². The minimum Gasteiger partial charge on any atom is -0.478 e. The minimum absolute atomic E-state index is 0.0147. The lowest BCUT2D eigenvalue weighted by atomic mass is 10.1. The number of sulfonamides is 1. The molecule has 0 radical (unpaired) electrons. The zero-order chi connectivity index (χ0) is 20.9. The first-order valence-corrected chi connectivity index (χ1v) is 11.0. The van der Waals surface area contributed by atoms with E-state index in [0.29, 0.717) is 18.8 Å². The molecule has 0 amide bonds. The van der Waals surface area contributed by atoms with E-state index >= 15 is 0 Å². The number of anilines is 2. The van der Waals surface area contributed by atoms with Gasteiger partial charge in [0.15, 0.2) is 0 Å². The smallest absolute Gasteiger partial charge is 0.335 e. The second-order valence-corrected chi connectivity index (χ2v) is 9.08. The Labute approximate surface area is 174 Å². The van der Waals surface area contributed by atoms with Crippen molar-refractivity contribution in [2.24, 2.45) is 0 Å². The van der Waals surface area contributed by atoms with Crippen LogP contribution in [0.25, 0.3) is 0 Å². The molecule has 2 aromatic carbocycles. The molecule has 9 heteroatoms. The van der Waals surface area contributed by atoms with Crippen molar-refractivity contribution < 1.29 is 18.3 Å². The van der Waals surface area contributed by atoms with Gasteiger partial charge in [-0.1, -0.05) is 15.9 Å². The first-order valence-electron chi connectivity index (χ1n) is 8.69. The highest BCUT2D eigenvalue weighted by Gasteiger charge is 2.20. The fourth-order valence-electron chi connectivity index (χ4n) is 2.61. The summed E-state index contributed by atoms with van der Waals surface area (Å²) in [4.78, 5) is 15.5. The Morgan fingerprint density at radius 2 is 1.75 bits per heavy atom. The number of nitrogens with one attached hydrogen (secondary N) is 1. The lowest BCUT2D eigenvalue weighted by Crippen LogP contribution is -2.32. The lowest BCUT2D eigenvalue weighted by molar-refractivity contribution is 0.0697. The fourth-order valence-corrected chi connectivity index (χ4v) is 3.94. The SMILES string of the molecule is CCN(CCN(C)C)c1ccc(C(=O)O)cc1NS(=O)(=O)c1ccc(Br)cc1. The highest BCUT2D eigenvalue weighted by atomic mass is 79.9. The van der Waals surface area contributed by atoms with E-state index in [2.05, 4.69) is 20.7 Å². The number of carbonyl (C=O) groups is 1. The number of halogens is 1. The van der Waals surface area contributed by atoms with Crippen LogP contribution in [-0.2, 0) is 10.0 Å². The number of hydrogen-bond acceptors (Lipinski definition) is 5. The van der Waals surface area contributed by atoms with Gasteiger partial charge in [0.1, 0.15) is 0 Å². The Bertz CT molecular complexity index is 931. The molecule has 0 fully saturated rings. The van der Waals surface area contributed by atoms with Crippen molar-refractivity contribution >= 4 is 43.3 Å². The van der Waals surface area contributed by atoms with Gasteiger partial charge >= 0.3 is 5.97 Å². The standard InChI is InChI=1S/C19H24BrN3O4S/c1-4-23(12-11-22(2)3)18-10-5-14(19(24)25)13-17(18)21-28(26,27)16-8-6-15(20)7-9-16/h5-10,13,21H,4,11-12H2,1-3H3,(H,24,25). The summed E-state index contributed by atoms with van der Waals surface area (Å²) < 4.78 is 29.0. The number of carboxylic acid groups (broad SMARTS) is 1. The zero-order valence-electron chi connectivity index (χ0n) is 16.0. The van der Waals surface area contributed by atoms with Gasteiger partial charge in [0.2, 0.25) is 0 Å². The van der Waals surface area contributed by atoms with E-state index in [0.717, 1.165) is 11.0 Å². The highest BCUT2D eigenvalue weighted by Crippen LogP contribution is 2.30. The van der Waals surface area contributed by atoms with E-state index in [4.69, 9.17) is 0 Å². The molecule has 28 heavy (non-hydrogen) atoms. The summed E-state index contributed by atoms with van der Waals surface area (Å²) in [5, 5.41) is 9.32. The number of rotatable bonds is 9. The van der Waals surface area contributed by atoms with E-state index < -0.39 is 16.0 Å². The van der Waals surface area contributed by atoms with Crippen molar-refractivity contribution in [2.45, 2.75) is 11.8 Å². The van der Waals surface area contributed by atoms with Crippen molar-refractivity contribution in [3.63, 3.8) is 0 Å². The number of carboxylic acids is 1. The fraction of sp³-hybridized carbons (Fsp3) is 0.316. The van der Waals surface area contributed by atoms with Crippen molar-refractivity contribution in [2.75, 3.05) is 43.4 Å². The molecule has 0 spiro atoms. The predicted molar refractivity (Wildman–Crippen MR) is 115 cm³/mol. The van der Waals surface area contributed by atoms with Crippen molar-refractivity contribution in [3.05, 3.63) is 52.5 Å². The molecule has 0 saturated carbocycles. The number of benzene rings is 2. The summed E-state index contributed by atoms with van der Waals surface area (Å²) in [6, 6.07) is 10.7. The maximum absolute atomic E-state index is 12.8. The molecule has 0 unspecified atom stereocenters. The molecule has 0 heterocycles. The molecule has 152 valence electrons. The predicted octanol–water partition coefficient (Wildman–Crippen LogP) is 3.34. The molecule has 0 atom stereocenters. The molecule has 7 nitrogen and oxygen atoms in total. The number of likely N-dealkylation sites (N-methyl/N-ethyl adjacent to an activating group) is 2. The maximum Gasteiger partial charge on any atom is 0.335 e. The molecule has 0 bridgehead atoms. The van der Waals surface area contributed by atoms with Crippen LogP contribution in [0.5, 0.6) is 0 Å². The van der Waals surface area contributed by atoms with Gasteiger partial charge in [0.05, 0.1) is 21.8 Å². The number of hydrogen-bond donors (Lipinski definition) is 2. The Hall–Kier alpha value is -2.10. The van der Waals surface area contributed by atoms with Gasteiger partial charge in [0.25, 0.3) is 10.0 Å². The zero-order valence-corrected chi connectivity index (χ0v) is 18.4. The number of nitrogens with zero attached hydrogens (tertiary/aromatic N) is 2. The Morgan fingerprint density at radius 3 is 2.29 bits per heavy atom. The van der Waals surface area contributed by atoms with Gasteiger partial charge in [-0.05, 0) is 63.5 Å². The molecular formula is C19H24BrN3O4S. The molecular weight excluding hydrogens is 446 g/mol. The summed E-state index contributed by atoms with van der Waals surface area (Å²) in [5.41, 5.74) is 0.888. The summed E-state index contributed by atoms with van der Waals surface area (Å²) in [5.74, 6) is -1.12. The monoisotopic (exact) mass is 469 g/mol. The van der Waals surface area contributed by atoms with E-state index in [-0.39, 0.29) is 16.1 Å². The van der Waals surface area contributed by atoms with Gasteiger partial charge in [-0.15, -0.1) is 0 Å². The largest absolute Gasteiger partial charge is 0.478 e. The van der Waals surface area contributed by atoms with Crippen molar-refractivity contribution in [3.8, 4) is 0 Å². The average Bonchev–Trinajstić information content (AvgIpc) is 2.62. The van der Waals surface area contributed by atoms with Crippen molar-refractivity contribution in [1.82, 2.24) is 4.90 Å². The maximum atomic E-state index is 12.8. The lowest BCUT2D eigenvalue weighted by Gasteiger charge is -2.27. The molecule has 0 aromatic heterocycles. The van der Waals surface area contributed by atoms with Crippen LogP contribution < -0.4 is 9.62 Å². The van der Waals surface area contributed by atoms with Gasteiger partial charge in [-0.2, -0.15) is 0 Å². The average molecular weight is 470 g/mol. The second kappa shape index (κ2) is 9.40. The van der Waals surface area contributed by atoms with Crippen LogP contribution in [0, 0.1) is 0 Å². The van der Waals surface area contributed by atoms with Gasteiger partial charge in [-0.3, -0.25) is 4.72 Å². The first-order chi connectivity index (χ1) is 13.1. The summed E-state index contributed by atoms with van der Waals surface area (Å²) in [6.45, 7) is 4.05. The molecule has 0 aliphatic carbocycles. The van der Waals surface area contributed by atoms with Crippen LogP contribution in [0.15, 0.2) is 51.8 Å². The van der Waals surface area contributed by atoms with Gasteiger partial charge in [-0.25, -0.2) is 13.2 Å². The van der Waals surface area contributed by atoms with Crippen molar-refractivity contribution in [1.29, 1.82) is 0 Å². The molecule has 0 saturated heterocycles. The van der Waals surface area contributed by atoms with Crippen LogP contribution in [0.4, 0.5) is 11.4 Å². The number of aromatic carboxylic acids is 1. The summed E-state index contributed by atoms with van der Waals surface area (Å²) in [7, 11) is 0.0448. The Kier molecular flexibility index (Phi) is 7.45. The van der Waals surface area contributed by atoms with E-state index in [1.54, 1.807) is 18.2 Å². The third kappa shape index (κ3) is 5.70. The molecule has 0 aliphatic heterocycles. The van der Waals surface area contributed by atoms with Crippen LogP contribution in [0.2, 0.25) is 0 Å². The third-order valence-electron chi connectivity index (χ3n) is 4.15. The van der Waals surface area contributed by atoms with E-state index in [1.807, 2.05) is 30.8 Å². The topological polar surface area (TPSA) is 89.9 Å². The quantitative estimate of drug-likeness (QED) is 0.585. The van der Waals surface area contributed by atoms with Crippen LogP contribution in [0.3, 0.4) is 0 Å². The Morgan fingerprint density at radius 1 is 1.11 bits per heavy atom. The molecule has 2 N–H and O–H groups in total. The minimum atomic E-state index is -3.87. The molecule has 0 aliphatic rings. The van der Waals surface area contributed by atoms with Crippen LogP contribution in [0.1, 0.15) is 17.3 Å². The van der Waals surface area contributed by atoms with Gasteiger partial charge in [0, 0.05) is 24.1 Å². The second-order valence-electron chi connectivity index (χ2n) is 6.48. The summed E-state index contributed by atoms with van der Waals surface area (Å²) in [6.07, 6.45) is 0. The van der Waals surface area contributed by atoms with E-state index in [1.165, 1.54) is 24.3 Å². The molecule has 2 aromatic rings. The van der Waals surface area contributed by atoms with Gasteiger partial charge < -0.3 is 14.9 Å². The van der Waals surface area contributed by atoms with Crippen LogP contribution >= 0.6 is 15.9 Å². The first kappa shape index (κ1) is 22.2. The van der Waals surface area contributed by atoms with Crippen LogP contribution in [-0.4, -0.2) is 58.1 Å². The normalized spacial score (nSPS) is 11.5. The molecule has 2 rings (SSSR count). The summed E-state index contributed by atoms with van der Waals surface area (Å²) >= 11 is 3.28. The highest BCUT2D eigenvalue weighted by molar-refractivity contribution is 9.10. The third-order valence-corrected chi connectivity index (χ3v) is 6.06. The Balaban J connectivity index is 2.45.